The van der Waals surface area contributed by atoms with E-state index >= 15 is 0 Å². The van der Waals surface area contributed by atoms with Crippen LogP contribution in [0.15, 0.2) is 0 Å². The van der Waals surface area contributed by atoms with Gasteiger partial charge in [-0.05, 0) is 31.1 Å². The van der Waals surface area contributed by atoms with Crippen LogP contribution in [-0.4, -0.2) is 37.2 Å². The first-order chi connectivity index (χ1) is 22.7. The Morgan fingerprint density at radius 2 is 0.702 bits per heavy atom. The van der Waals surface area contributed by atoms with Gasteiger partial charge in [0.2, 0.25) is 0 Å². The van der Waals surface area contributed by atoms with Crippen LogP contribution < -0.4 is 0 Å². The molecule has 1 atom stereocenters. The monoisotopic (exact) mass is 667 g/mol. The first-order valence-corrected chi connectivity index (χ1v) is 20.2. The van der Waals surface area contributed by atoms with Gasteiger partial charge in [-0.25, -0.2) is 0 Å². The molecule has 0 aromatic carbocycles. The molecule has 47 heavy (non-hydrogen) atoms. The summed E-state index contributed by atoms with van der Waals surface area (Å²) in [4.78, 5) is 37.4. The zero-order chi connectivity index (χ0) is 34.8. The maximum atomic E-state index is 12.6. The van der Waals surface area contributed by atoms with Gasteiger partial charge in [-0.3, -0.25) is 14.4 Å². The maximum absolute atomic E-state index is 12.6. The van der Waals surface area contributed by atoms with Gasteiger partial charge in [0.15, 0.2) is 6.10 Å². The minimum Gasteiger partial charge on any atom is -0.462 e. The van der Waals surface area contributed by atoms with Crippen molar-refractivity contribution in [3.8, 4) is 0 Å². The van der Waals surface area contributed by atoms with E-state index in [0.717, 1.165) is 69.6 Å². The molecule has 0 N–H and O–H groups in total. The van der Waals surface area contributed by atoms with E-state index in [0.29, 0.717) is 19.3 Å². The summed E-state index contributed by atoms with van der Waals surface area (Å²) >= 11 is 0. The van der Waals surface area contributed by atoms with Gasteiger partial charge in [-0.1, -0.05) is 176 Å². The summed E-state index contributed by atoms with van der Waals surface area (Å²) in [5.41, 5.74) is 0. The lowest BCUT2D eigenvalue weighted by Gasteiger charge is -2.18. The quantitative estimate of drug-likeness (QED) is 0.0380. The van der Waals surface area contributed by atoms with E-state index in [1.807, 2.05) is 0 Å². The van der Waals surface area contributed by atoms with E-state index in [-0.39, 0.29) is 31.1 Å². The number of hydrogen-bond donors (Lipinski definition) is 0. The third-order valence-corrected chi connectivity index (χ3v) is 8.97. The lowest BCUT2D eigenvalue weighted by Crippen LogP contribution is -2.30. The molecule has 0 saturated heterocycles. The van der Waals surface area contributed by atoms with Gasteiger partial charge in [0.25, 0.3) is 0 Å². The molecule has 0 spiro atoms. The highest BCUT2D eigenvalue weighted by Crippen LogP contribution is 2.15. The predicted molar refractivity (Wildman–Crippen MR) is 196 cm³/mol. The summed E-state index contributed by atoms with van der Waals surface area (Å²) < 4.78 is 16.6. The van der Waals surface area contributed by atoms with E-state index in [2.05, 4.69) is 34.6 Å². The van der Waals surface area contributed by atoms with Crippen LogP contribution in [0.5, 0.6) is 0 Å². The Bertz CT molecular complexity index is 719. The number of carbonyl (C=O) groups is 3. The maximum Gasteiger partial charge on any atom is 0.306 e. The SMILES string of the molecule is CCCCCCCCCCCCC(=O)OC[C@@H](COC(=O)CCCCCCCCC(C)C)OC(=O)CCCCCCCCCC(C)C. The van der Waals surface area contributed by atoms with Crippen molar-refractivity contribution in [3.05, 3.63) is 0 Å². The van der Waals surface area contributed by atoms with Crippen LogP contribution >= 0.6 is 0 Å². The highest BCUT2D eigenvalue weighted by atomic mass is 16.6. The van der Waals surface area contributed by atoms with Gasteiger partial charge >= 0.3 is 17.9 Å². The third-order valence-electron chi connectivity index (χ3n) is 8.97. The summed E-state index contributed by atoms with van der Waals surface area (Å²) in [7, 11) is 0. The van der Waals surface area contributed by atoms with Crippen molar-refractivity contribution in [1.82, 2.24) is 0 Å². The summed E-state index contributed by atoms with van der Waals surface area (Å²) in [5, 5.41) is 0. The smallest absolute Gasteiger partial charge is 0.306 e. The molecular weight excluding hydrogens is 588 g/mol. The number of carbonyl (C=O) groups excluding carboxylic acids is 3. The average molecular weight is 667 g/mol. The number of ether oxygens (including phenoxy) is 3. The Labute approximate surface area is 291 Å². The second kappa shape index (κ2) is 34.3. The van der Waals surface area contributed by atoms with Gasteiger partial charge in [0.1, 0.15) is 13.2 Å². The summed E-state index contributed by atoms with van der Waals surface area (Å²) in [5.74, 6) is 0.668. The normalized spacial score (nSPS) is 12.1. The van der Waals surface area contributed by atoms with Crippen molar-refractivity contribution in [1.29, 1.82) is 0 Å². The van der Waals surface area contributed by atoms with Crippen LogP contribution in [0.1, 0.15) is 214 Å². The van der Waals surface area contributed by atoms with Gasteiger partial charge < -0.3 is 14.2 Å². The van der Waals surface area contributed by atoms with Crippen molar-refractivity contribution in [2.45, 2.75) is 221 Å². The van der Waals surface area contributed by atoms with E-state index in [1.54, 1.807) is 0 Å². The third kappa shape index (κ3) is 35.5. The molecule has 0 aromatic heterocycles. The fourth-order valence-electron chi connectivity index (χ4n) is 5.87. The molecule has 0 amide bonds. The lowest BCUT2D eigenvalue weighted by atomic mass is 10.0. The Kier molecular flexibility index (Phi) is 33.1. The molecule has 0 aliphatic carbocycles. The first-order valence-electron chi connectivity index (χ1n) is 20.2. The molecule has 0 rings (SSSR count). The minimum atomic E-state index is -0.759. The lowest BCUT2D eigenvalue weighted by molar-refractivity contribution is -0.167. The van der Waals surface area contributed by atoms with Crippen molar-refractivity contribution < 1.29 is 28.6 Å². The van der Waals surface area contributed by atoms with Crippen LogP contribution in [0.3, 0.4) is 0 Å². The summed E-state index contributed by atoms with van der Waals surface area (Å²) in [6.45, 7) is 11.2. The molecule has 0 bridgehead atoms. The second-order valence-corrected chi connectivity index (χ2v) is 14.9. The zero-order valence-corrected chi connectivity index (χ0v) is 31.9. The van der Waals surface area contributed by atoms with Gasteiger partial charge in [-0.15, -0.1) is 0 Å². The fourth-order valence-corrected chi connectivity index (χ4v) is 5.87. The van der Waals surface area contributed by atoms with Crippen molar-refractivity contribution in [2.75, 3.05) is 13.2 Å². The molecule has 0 aliphatic heterocycles. The number of hydrogen-bond acceptors (Lipinski definition) is 6. The molecule has 0 aliphatic rings. The van der Waals surface area contributed by atoms with Crippen molar-refractivity contribution in [2.24, 2.45) is 11.8 Å². The van der Waals surface area contributed by atoms with Crippen molar-refractivity contribution in [3.63, 3.8) is 0 Å². The number of rotatable bonds is 35. The number of esters is 3. The topological polar surface area (TPSA) is 78.9 Å². The molecule has 0 unspecified atom stereocenters. The molecular formula is C41H78O6. The van der Waals surface area contributed by atoms with Crippen molar-refractivity contribution >= 4 is 17.9 Å². The fraction of sp³-hybridized carbons (Fsp3) is 0.927. The summed E-state index contributed by atoms with van der Waals surface area (Å²) in [6.07, 6.45) is 29.7. The Balaban J connectivity index is 4.36. The van der Waals surface area contributed by atoms with Crippen LogP contribution in [0.25, 0.3) is 0 Å². The van der Waals surface area contributed by atoms with Crippen LogP contribution in [0.2, 0.25) is 0 Å². The van der Waals surface area contributed by atoms with Gasteiger partial charge in [-0.2, -0.15) is 0 Å². The molecule has 0 heterocycles. The zero-order valence-electron chi connectivity index (χ0n) is 31.9. The van der Waals surface area contributed by atoms with Crippen LogP contribution in [0, 0.1) is 11.8 Å². The van der Waals surface area contributed by atoms with E-state index in [9.17, 15) is 14.4 Å². The second-order valence-electron chi connectivity index (χ2n) is 14.9. The Morgan fingerprint density at radius 1 is 0.404 bits per heavy atom. The largest absolute Gasteiger partial charge is 0.462 e. The van der Waals surface area contributed by atoms with Crippen LogP contribution in [-0.2, 0) is 28.6 Å². The standard InChI is InChI=1S/C41H78O6/c1-6-7-8-9-10-11-12-15-21-26-31-39(42)45-34-38(35-46-40(43)32-27-22-18-17-20-25-30-37(4)5)47-41(44)33-28-23-16-13-14-19-24-29-36(2)3/h36-38H,6-35H2,1-5H3/t38-/m0/s1. The predicted octanol–water partition coefficient (Wildman–Crippen LogP) is 12.2. The molecule has 6 nitrogen and oxygen atoms in total. The highest BCUT2D eigenvalue weighted by Gasteiger charge is 2.19. The Hall–Kier alpha value is -1.59. The molecule has 0 fully saturated rings. The summed E-state index contributed by atoms with van der Waals surface area (Å²) in [6, 6.07) is 0. The van der Waals surface area contributed by atoms with E-state index in [4.69, 9.17) is 14.2 Å². The number of unbranched alkanes of at least 4 members (excludes halogenated alkanes) is 20. The molecule has 278 valence electrons. The average Bonchev–Trinajstić information content (AvgIpc) is 3.03. The van der Waals surface area contributed by atoms with Gasteiger partial charge in [0, 0.05) is 19.3 Å². The minimum absolute atomic E-state index is 0.0671. The van der Waals surface area contributed by atoms with E-state index < -0.39 is 6.10 Å². The van der Waals surface area contributed by atoms with E-state index in [1.165, 1.54) is 103 Å². The van der Waals surface area contributed by atoms with Crippen LogP contribution in [0.4, 0.5) is 0 Å². The van der Waals surface area contributed by atoms with Gasteiger partial charge in [0.05, 0.1) is 0 Å². The highest BCUT2D eigenvalue weighted by molar-refractivity contribution is 5.71. The first kappa shape index (κ1) is 45.4. The molecule has 6 heteroatoms. The Morgan fingerprint density at radius 3 is 1.04 bits per heavy atom. The molecule has 0 saturated carbocycles. The molecule has 0 aromatic rings. The molecule has 0 radical (unpaired) electrons.